The molecule has 1 aromatic carbocycles. The fourth-order valence-electron chi connectivity index (χ4n) is 3.31. The Morgan fingerprint density at radius 2 is 2.26 bits per heavy atom. The molecular formula is C17H24ClNO4. The van der Waals surface area contributed by atoms with E-state index >= 15 is 0 Å². The number of ether oxygens (including phenoxy) is 1. The number of amides is 1. The van der Waals surface area contributed by atoms with Crippen LogP contribution in [0, 0.1) is 5.41 Å². The first-order valence-corrected chi connectivity index (χ1v) is 8.27. The molecule has 5 nitrogen and oxygen atoms in total. The first-order chi connectivity index (χ1) is 11.0. The molecule has 1 saturated heterocycles. The van der Waals surface area contributed by atoms with E-state index in [1.807, 2.05) is 6.92 Å². The Kier molecular flexibility index (Phi) is 5.89. The summed E-state index contributed by atoms with van der Waals surface area (Å²) in [7, 11) is 1.50. The average molecular weight is 342 g/mol. The summed E-state index contributed by atoms with van der Waals surface area (Å²) >= 11 is 5.94. The van der Waals surface area contributed by atoms with E-state index in [2.05, 4.69) is 0 Å². The van der Waals surface area contributed by atoms with Gasteiger partial charge in [0.25, 0.3) is 5.91 Å². The maximum atomic E-state index is 12.8. The Morgan fingerprint density at radius 3 is 2.87 bits per heavy atom. The van der Waals surface area contributed by atoms with Crippen molar-refractivity contribution in [2.75, 3.05) is 26.8 Å². The van der Waals surface area contributed by atoms with Crippen LogP contribution in [0.3, 0.4) is 0 Å². The van der Waals surface area contributed by atoms with Gasteiger partial charge >= 0.3 is 0 Å². The van der Waals surface area contributed by atoms with Gasteiger partial charge in [0.15, 0.2) is 0 Å². The van der Waals surface area contributed by atoms with E-state index in [9.17, 15) is 15.0 Å². The van der Waals surface area contributed by atoms with Crippen LogP contribution in [0.4, 0.5) is 0 Å². The molecule has 0 aromatic heterocycles. The summed E-state index contributed by atoms with van der Waals surface area (Å²) in [5, 5.41) is 20.6. The fraction of sp³-hybridized carbons (Fsp3) is 0.588. The molecule has 6 heteroatoms. The lowest BCUT2D eigenvalue weighted by molar-refractivity contribution is -0.0720. The van der Waals surface area contributed by atoms with Crippen molar-refractivity contribution >= 4 is 17.5 Å². The molecule has 1 aliphatic heterocycles. The van der Waals surface area contributed by atoms with Crippen LogP contribution < -0.4 is 4.74 Å². The van der Waals surface area contributed by atoms with Crippen molar-refractivity contribution in [3.05, 3.63) is 28.8 Å². The zero-order valence-electron chi connectivity index (χ0n) is 13.6. The molecule has 0 unspecified atom stereocenters. The summed E-state index contributed by atoms with van der Waals surface area (Å²) in [6.07, 6.45) is 1.38. The second kappa shape index (κ2) is 7.51. The highest BCUT2D eigenvalue weighted by molar-refractivity contribution is 6.30. The van der Waals surface area contributed by atoms with Crippen molar-refractivity contribution in [3.8, 4) is 5.75 Å². The number of likely N-dealkylation sites (tertiary alicyclic amines) is 1. The minimum Gasteiger partial charge on any atom is -0.496 e. The highest BCUT2D eigenvalue weighted by Crippen LogP contribution is 2.36. The van der Waals surface area contributed by atoms with Crippen LogP contribution >= 0.6 is 11.6 Å². The molecule has 1 heterocycles. The van der Waals surface area contributed by atoms with Crippen LogP contribution in [-0.4, -0.2) is 53.9 Å². The molecule has 0 saturated carbocycles. The minimum atomic E-state index is -0.650. The molecule has 0 bridgehead atoms. The van der Waals surface area contributed by atoms with Crippen molar-refractivity contribution in [3.63, 3.8) is 0 Å². The quantitative estimate of drug-likeness (QED) is 0.862. The first-order valence-electron chi connectivity index (χ1n) is 7.89. The summed E-state index contributed by atoms with van der Waals surface area (Å²) in [5.74, 6) is 0.262. The summed E-state index contributed by atoms with van der Waals surface area (Å²) in [6, 6.07) is 4.91. The zero-order chi connectivity index (χ0) is 17.0. The Balaban J connectivity index is 2.26. The molecule has 1 aromatic rings. The molecule has 128 valence electrons. The number of piperidine rings is 1. The van der Waals surface area contributed by atoms with Gasteiger partial charge in [-0.3, -0.25) is 4.79 Å². The highest BCUT2D eigenvalue weighted by Gasteiger charge is 2.43. The summed E-state index contributed by atoms with van der Waals surface area (Å²) < 4.78 is 5.25. The monoisotopic (exact) mass is 341 g/mol. The Morgan fingerprint density at radius 1 is 1.52 bits per heavy atom. The van der Waals surface area contributed by atoms with E-state index in [0.717, 1.165) is 6.42 Å². The number of hydrogen-bond acceptors (Lipinski definition) is 4. The highest BCUT2D eigenvalue weighted by atomic mass is 35.5. The van der Waals surface area contributed by atoms with Gasteiger partial charge in [0, 0.05) is 23.5 Å². The van der Waals surface area contributed by atoms with E-state index in [-0.39, 0.29) is 12.5 Å². The van der Waals surface area contributed by atoms with Gasteiger partial charge in [-0.25, -0.2) is 0 Å². The van der Waals surface area contributed by atoms with Gasteiger partial charge in [0.05, 0.1) is 25.4 Å². The van der Waals surface area contributed by atoms with Crippen LogP contribution in [0.5, 0.6) is 5.75 Å². The first kappa shape index (κ1) is 18.0. The van der Waals surface area contributed by atoms with Gasteiger partial charge in [-0.15, -0.1) is 0 Å². The number of halogens is 1. The molecule has 2 rings (SSSR count). The topological polar surface area (TPSA) is 70.0 Å². The van der Waals surface area contributed by atoms with E-state index in [0.29, 0.717) is 42.3 Å². The predicted molar refractivity (Wildman–Crippen MR) is 89.0 cm³/mol. The number of nitrogens with zero attached hydrogens (tertiary/aromatic N) is 1. The molecule has 0 aliphatic carbocycles. The number of methoxy groups -OCH3 is 1. The zero-order valence-corrected chi connectivity index (χ0v) is 14.3. The number of carbonyl (C=O) groups is 1. The molecule has 2 atom stereocenters. The SMILES string of the molecule is CCC[C@@]1(CO)CN(C(=O)c2ccc(Cl)cc2OC)CC[C@H]1O. The Hall–Kier alpha value is -1.30. The van der Waals surface area contributed by atoms with Crippen LogP contribution in [-0.2, 0) is 0 Å². The number of aliphatic hydroxyl groups excluding tert-OH is 2. The molecule has 23 heavy (non-hydrogen) atoms. The molecule has 1 aliphatic rings. The van der Waals surface area contributed by atoms with E-state index in [4.69, 9.17) is 16.3 Å². The van der Waals surface area contributed by atoms with Gasteiger partial charge < -0.3 is 19.8 Å². The lowest BCUT2D eigenvalue weighted by Crippen LogP contribution is -2.55. The standard InChI is InChI=1S/C17H24ClNO4/c1-3-7-17(11-20)10-19(8-6-15(17)21)16(22)13-5-4-12(18)9-14(13)23-2/h4-5,9,15,20-21H,3,6-8,10-11H2,1-2H3/t15-,17+/m1/s1. The Bertz CT molecular complexity index is 566. The smallest absolute Gasteiger partial charge is 0.257 e. The Labute approximate surface area is 141 Å². The molecule has 1 amide bonds. The van der Waals surface area contributed by atoms with E-state index < -0.39 is 11.5 Å². The number of rotatable bonds is 5. The summed E-state index contributed by atoms with van der Waals surface area (Å²) in [4.78, 5) is 14.5. The third-order valence-corrected chi connectivity index (χ3v) is 4.86. The maximum absolute atomic E-state index is 12.8. The number of hydrogen-bond donors (Lipinski definition) is 2. The normalized spacial score (nSPS) is 24.6. The summed E-state index contributed by atoms with van der Waals surface area (Å²) in [6.45, 7) is 2.66. The molecular weight excluding hydrogens is 318 g/mol. The van der Waals surface area contributed by atoms with Crippen LogP contribution in [0.25, 0.3) is 0 Å². The van der Waals surface area contributed by atoms with Gasteiger partial charge in [0.1, 0.15) is 5.75 Å². The average Bonchev–Trinajstić information content (AvgIpc) is 2.56. The van der Waals surface area contributed by atoms with E-state index in [1.165, 1.54) is 7.11 Å². The third kappa shape index (κ3) is 3.62. The molecule has 0 spiro atoms. The minimum absolute atomic E-state index is 0.135. The molecule has 1 fully saturated rings. The number of carbonyl (C=O) groups excluding carboxylic acids is 1. The van der Waals surface area contributed by atoms with Gasteiger partial charge in [-0.05, 0) is 31.0 Å². The van der Waals surface area contributed by atoms with Crippen molar-refractivity contribution in [2.24, 2.45) is 5.41 Å². The maximum Gasteiger partial charge on any atom is 0.257 e. The van der Waals surface area contributed by atoms with Crippen molar-refractivity contribution in [2.45, 2.75) is 32.3 Å². The van der Waals surface area contributed by atoms with Gasteiger partial charge in [-0.2, -0.15) is 0 Å². The fourth-order valence-corrected chi connectivity index (χ4v) is 3.47. The second-order valence-electron chi connectivity index (χ2n) is 6.15. The van der Waals surface area contributed by atoms with Gasteiger partial charge in [0.2, 0.25) is 0 Å². The van der Waals surface area contributed by atoms with Crippen molar-refractivity contribution in [1.29, 1.82) is 0 Å². The molecule has 2 N–H and O–H groups in total. The van der Waals surface area contributed by atoms with E-state index in [1.54, 1.807) is 23.1 Å². The second-order valence-corrected chi connectivity index (χ2v) is 6.58. The largest absolute Gasteiger partial charge is 0.496 e. The van der Waals surface area contributed by atoms with Crippen molar-refractivity contribution in [1.82, 2.24) is 4.90 Å². The predicted octanol–water partition coefficient (Wildman–Crippen LogP) is 2.33. The number of aliphatic hydroxyl groups is 2. The van der Waals surface area contributed by atoms with Crippen molar-refractivity contribution < 1.29 is 19.7 Å². The van der Waals surface area contributed by atoms with Crippen LogP contribution in [0.1, 0.15) is 36.5 Å². The third-order valence-electron chi connectivity index (χ3n) is 4.63. The van der Waals surface area contributed by atoms with Crippen LogP contribution in [0.2, 0.25) is 5.02 Å². The number of benzene rings is 1. The van der Waals surface area contributed by atoms with Crippen LogP contribution in [0.15, 0.2) is 18.2 Å². The van der Waals surface area contributed by atoms with Gasteiger partial charge in [-0.1, -0.05) is 24.9 Å². The summed E-state index contributed by atoms with van der Waals surface area (Å²) in [5.41, 5.74) is -0.209. The molecule has 0 radical (unpaired) electrons. The lowest BCUT2D eigenvalue weighted by atomic mass is 9.74. The lowest BCUT2D eigenvalue weighted by Gasteiger charge is -2.45.